The standard InChI is InChI=1S/C48H30N6O/c1-3-14-31(15-4-1)45-50-46(32-16-5-2-6-17-32)52-47(51-45)53-39-21-11-9-19-34(39)36-26-27-37-35-20-10-12-22-40(35)54(43(37)42(36)53)48-49-38-28-25-30-24-23-29-13-7-8-18-33(29)41(30)44(38)55-48/h1-6,8-12,14-28H,7,13H2. The van der Waals surface area contributed by atoms with E-state index < -0.39 is 0 Å². The van der Waals surface area contributed by atoms with Crippen LogP contribution in [0.25, 0.3) is 106 Å². The van der Waals surface area contributed by atoms with Crippen LogP contribution in [0.1, 0.15) is 17.5 Å². The van der Waals surface area contributed by atoms with Gasteiger partial charge in [0.1, 0.15) is 5.52 Å². The molecule has 0 saturated heterocycles. The number of allylic oxidation sites excluding steroid dienone is 1. The van der Waals surface area contributed by atoms with E-state index >= 15 is 0 Å². The van der Waals surface area contributed by atoms with Crippen LogP contribution < -0.4 is 0 Å². The van der Waals surface area contributed by atoms with E-state index in [0.29, 0.717) is 23.6 Å². The summed E-state index contributed by atoms with van der Waals surface area (Å²) >= 11 is 0. The average Bonchev–Trinajstić information content (AvgIpc) is 3.94. The van der Waals surface area contributed by atoms with Gasteiger partial charge in [0.15, 0.2) is 17.2 Å². The average molecular weight is 707 g/mol. The molecule has 0 atom stereocenters. The number of rotatable bonds is 4. The Kier molecular flexibility index (Phi) is 6.33. The largest absolute Gasteiger partial charge is 0.422 e. The first kappa shape index (κ1) is 30.1. The molecule has 7 heteroatoms. The molecule has 0 amide bonds. The second kappa shape index (κ2) is 11.6. The third-order valence-electron chi connectivity index (χ3n) is 11.1. The molecule has 4 aromatic heterocycles. The van der Waals surface area contributed by atoms with E-state index in [1.165, 1.54) is 11.1 Å². The van der Waals surface area contributed by atoms with Crippen LogP contribution in [0.4, 0.5) is 0 Å². The topological polar surface area (TPSA) is 74.6 Å². The van der Waals surface area contributed by atoms with Gasteiger partial charge >= 0.3 is 6.01 Å². The van der Waals surface area contributed by atoms with Crippen LogP contribution in [0.3, 0.4) is 0 Å². The van der Waals surface area contributed by atoms with Crippen molar-refractivity contribution in [2.24, 2.45) is 0 Å². The predicted octanol–water partition coefficient (Wildman–Crippen LogP) is 11.7. The van der Waals surface area contributed by atoms with Gasteiger partial charge in [-0.1, -0.05) is 140 Å². The fraction of sp³-hybridized carbons (Fsp3) is 0.0417. The number of benzene rings is 7. The molecule has 1 aliphatic rings. The van der Waals surface area contributed by atoms with Gasteiger partial charge in [-0.2, -0.15) is 15.0 Å². The maximum absolute atomic E-state index is 7.00. The molecule has 0 bridgehead atoms. The lowest BCUT2D eigenvalue weighted by Crippen LogP contribution is -2.07. The summed E-state index contributed by atoms with van der Waals surface area (Å²) in [7, 11) is 0. The molecule has 0 N–H and O–H groups in total. The lowest BCUT2D eigenvalue weighted by molar-refractivity contribution is 0.577. The molecule has 7 nitrogen and oxygen atoms in total. The van der Waals surface area contributed by atoms with Crippen molar-refractivity contribution in [3.8, 4) is 34.7 Å². The molecule has 0 spiro atoms. The van der Waals surface area contributed by atoms with E-state index in [1.807, 2.05) is 60.7 Å². The van der Waals surface area contributed by atoms with Gasteiger partial charge in [0.05, 0.1) is 22.1 Å². The Morgan fingerprint density at radius 3 is 1.80 bits per heavy atom. The van der Waals surface area contributed by atoms with Crippen LogP contribution in [0.2, 0.25) is 0 Å². The first-order valence-electron chi connectivity index (χ1n) is 18.6. The van der Waals surface area contributed by atoms with Gasteiger partial charge in [-0.3, -0.25) is 9.13 Å². The number of hydrogen-bond donors (Lipinski definition) is 0. The highest BCUT2D eigenvalue weighted by Crippen LogP contribution is 2.43. The quantitative estimate of drug-likeness (QED) is 0.182. The molecular weight excluding hydrogens is 677 g/mol. The summed E-state index contributed by atoms with van der Waals surface area (Å²) in [6, 6.07) is 50.9. The Labute approximate surface area is 314 Å². The first-order valence-corrected chi connectivity index (χ1v) is 18.6. The van der Waals surface area contributed by atoms with E-state index in [9.17, 15) is 0 Å². The van der Waals surface area contributed by atoms with Crippen molar-refractivity contribution in [2.45, 2.75) is 12.8 Å². The Balaban J connectivity index is 1.22. The summed E-state index contributed by atoms with van der Waals surface area (Å²) in [5, 5.41) is 6.62. The molecule has 258 valence electrons. The summed E-state index contributed by atoms with van der Waals surface area (Å²) in [4.78, 5) is 20.7. The summed E-state index contributed by atoms with van der Waals surface area (Å²) in [6.45, 7) is 0. The number of oxazole rings is 1. The van der Waals surface area contributed by atoms with E-state index in [-0.39, 0.29) is 0 Å². The summed E-state index contributed by atoms with van der Waals surface area (Å²) in [6.07, 6.45) is 6.56. The third-order valence-corrected chi connectivity index (χ3v) is 11.1. The summed E-state index contributed by atoms with van der Waals surface area (Å²) in [5.74, 6) is 1.74. The van der Waals surface area contributed by atoms with Crippen molar-refractivity contribution in [3.63, 3.8) is 0 Å². The van der Waals surface area contributed by atoms with Gasteiger partial charge in [-0.25, -0.2) is 4.98 Å². The minimum absolute atomic E-state index is 0.515. The molecule has 0 aliphatic heterocycles. The van der Waals surface area contributed by atoms with Gasteiger partial charge in [0, 0.05) is 38.1 Å². The Hall–Kier alpha value is -7.38. The second-order valence-corrected chi connectivity index (χ2v) is 14.2. The van der Waals surface area contributed by atoms with Gasteiger partial charge < -0.3 is 4.42 Å². The zero-order chi connectivity index (χ0) is 36.0. The highest BCUT2D eigenvalue weighted by molar-refractivity contribution is 6.23. The van der Waals surface area contributed by atoms with Crippen LogP contribution >= 0.6 is 0 Å². The van der Waals surface area contributed by atoms with Gasteiger partial charge in [-0.15, -0.1) is 0 Å². The normalized spacial score (nSPS) is 12.9. The van der Waals surface area contributed by atoms with Crippen LogP contribution in [-0.4, -0.2) is 29.1 Å². The number of hydrogen-bond acceptors (Lipinski definition) is 5. The van der Waals surface area contributed by atoms with Crippen molar-refractivity contribution in [3.05, 3.63) is 163 Å². The molecule has 11 aromatic rings. The third kappa shape index (κ3) is 4.44. The van der Waals surface area contributed by atoms with Crippen LogP contribution in [0.15, 0.2) is 156 Å². The van der Waals surface area contributed by atoms with Crippen LogP contribution in [0.5, 0.6) is 0 Å². The van der Waals surface area contributed by atoms with Gasteiger partial charge in [-0.05, 0) is 47.6 Å². The number of aryl methyl sites for hydroxylation is 1. The second-order valence-electron chi connectivity index (χ2n) is 14.2. The fourth-order valence-electron chi connectivity index (χ4n) is 8.60. The molecular formula is C48H30N6O. The van der Waals surface area contributed by atoms with Gasteiger partial charge in [0.25, 0.3) is 0 Å². The van der Waals surface area contributed by atoms with Crippen molar-refractivity contribution in [1.82, 2.24) is 29.1 Å². The first-order chi connectivity index (χ1) is 27.3. The smallest absolute Gasteiger partial charge is 0.307 e. The van der Waals surface area contributed by atoms with Crippen molar-refractivity contribution >= 4 is 71.6 Å². The number of aromatic nitrogens is 6. The lowest BCUT2D eigenvalue weighted by Gasteiger charge is -2.13. The maximum Gasteiger partial charge on any atom is 0.307 e. The molecule has 4 heterocycles. The molecule has 12 rings (SSSR count). The van der Waals surface area contributed by atoms with Gasteiger partial charge in [0.2, 0.25) is 5.95 Å². The molecule has 55 heavy (non-hydrogen) atoms. The zero-order valence-electron chi connectivity index (χ0n) is 29.5. The van der Waals surface area contributed by atoms with Crippen molar-refractivity contribution < 1.29 is 4.42 Å². The number of fused-ring (bicyclic) bond motifs is 12. The molecule has 0 saturated carbocycles. The Morgan fingerprint density at radius 1 is 0.509 bits per heavy atom. The molecule has 0 fully saturated rings. The van der Waals surface area contributed by atoms with E-state index in [1.54, 1.807) is 0 Å². The zero-order valence-corrected chi connectivity index (χ0v) is 29.5. The Bertz CT molecular complexity index is 3310. The number of nitrogens with zero attached hydrogens (tertiary/aromatic N) is 6. The Morgan fingerprint density at radius 2 is 1.11 bits per heavy atom. The SMILES string of the molecule is C1=Cc2c(ccc3ccc4nc(-n5c6ccccc6c6ccc7c8ccccc8n(-c8nc(-c9ccccc9)nc(-c9ccccc9)n8)c7c65)oc4c23)CC1. The minimum atomic E-state index is 0.515. The van der Waals surface area contributed by atoms with Crippen molar-refractivity contribution in [1.29, 1.82) is 0 Å². The fourth-order valence-corrected chi connectivity index (χ4v) is 8.60. The van der Waals surface area contributed by atoms with Crippen LogP contribution in [0, 0.1) is 0 Å². The predicted molar refractivity (Wildman–Crippen MR) is 222 cm³/mol. The highest BCUT2D eigenvalue weighted by Gasteiger charge is 2.25. The summed E-state index contributed by atoms with van der Waals surface area (Å²) in [5.41, 5.74) is 9.95. The maximum atomic E-state index is 7.00. The molecule has 1 aliphatic carbocycles. The minimum Gasteiger partial charge on any atom is -0.422 e. The van der Waals surface area contributed by atoms with E-state index in [2.05, 4.69) is 106 Å². The highest BCUT2D eigenvalue weighted by atomic mass is 16.4. The monoisotopic (exact) mass is 706 g/mol. The number of para-hydroxylation sites is 2. The molecule has 7 aromatic carbocycles. The summed E-state index contributed by atoms with van der Waals surface area (Å²) < 4.78 is 11.4. The lowest BCUT2D eigenvalue weighted by atomic mass is 9.92. The molecule has 0 unspecified atom stereocenters. The van der Waals surface area contributed by atoms with Crippen LogP contribution in [-0.2, 0) is 6.42 Å². The van der Waals surface area contributed by atoms with E-state index in [0.717, 1.165) is 89.5 Å². The van der Waals surface area contributed by atoms with E-state index in [4.69, 9.17) is 24.4 Å². The van der Waals surface area contributed by atoms with Crippen molar-refractivity contribution in [2.75, 3.05) is 0 Å². The molecule has 0 radical (unpaired) electrons.